The highest BCUT2D eigenvalue weighted by Gasteiger charge is 2.55. The molecule has 2 fully saturated rings. The Morgan fingerprint density at radius 1 is 1.38 bits per heavy atom. The maximum atomic E-state index is 11.4. The minimum Gasteiger partial charge on any atom is -0.366 e. The summed E-state index contributed by atoms with van der Waals surface area (Å²) in [5.74, 6) is 1.24. The summed E-state index contributed by atoms with van der Waals surface area (Å²) in [6, 6.07) is 7.05. The predicted molar refractivity (Wildman–Crippen MR) is 86.1 cm³/mol. The van der Waals surface area contributed by atoms with Crippen molar-refractivity contribution in [3.8, 4) is 12.3 Å². The summed E-state index contributed by atoms with van der Waals surface area (Å²) in [5.41, 5.74) is 6.61. The number of primary amides is 1. The van der Waals surface area contributed by atoms with Gasteiger partial charge in [0, 0.05) is 5.56 Å². The number of hydrogen-bond donors (Lipinski definition) is 1. The molecule has 4 atom stereocenters. The molecule has 0 radical (unpaired) electrons. The van der Waals surface area contributed by atoms with Crippen LogP contribution in [0.15, 0.2) is 24.3 Å². The predicted octanol–water partition coefficient (Wildman–Crippen LogP) is 1.40. The molecule has 0 spiro atoms. The molecule has 1 aromatic rings. The number of terminal acetylenes is 1. The number of benzene rings is 1. The number of hydrogen-bond acceptors (Lipinski definition) is 5. The van der Waals surface area contributed by atoms with E-state index in [4.69, 9.17) is 31.1 Å². The number of ether oxygens (including phenoxy) is 4. The van der Waals surface area contributed by atoms with Gasteiger partial charge < -0.3 is 24.7 Å². The van der Waals surface area contributed by atoms with Gasteiger partial charge in [0.05, 0.1) is 6.61 Å². The van der Waals surface area contributed by atoms with E-state index < -0.39 is 11.7 Å². The Kier molecular flexibility index (Phi) is 4.61. The smallest absolute Gasteiger partial charge is 0.248 e. The van der Waals surface area contributed by atoms with Gasteiger partial charge in [0.1, 0.15) is 31.0 Å². The van der Waals surface area contributed by atoms with Crippen molar-refractivity contribution in [1.82, 2.24) is 0 Å². The van der Waals surface area contributed by atoms with Crippen molar-refractivity contribution in [2.75, 3.05) is 13.2 Å². The van der Waals surface area contributed by atoms with Crippen LogP contribution >= 0.6 is 0 Å². The van der Waals surface area contributed by atoms with Gasteiger partial charge >= 0.3 is 0 Å². The molecule has 128 valence electrons. The molecule has 6 nitrogen and oxygen atoms in total. The monoisotopic (exact) mass is 331 g/mol. The Labute approximate surface area is 141 Å². The lowest BCUT2D eigenvalue weighted by atomic mass is 10.00. The fraction of sp³-hybridized carbons (Fsp3) is 0.500. The molecule has 1 aromatic carbocycles. The third-order valence-corrected chi connectivity index (χ3v) is 4.12. The first-order valence-electron chi connectivity index (χ1n) is 7.83. The zero-order valence-electron chi connectivity index (χ0n) is 13.7. The van der Waals surface area contributed by atoms with Crippen LogP contribution in [0.5, 0.6) is 0 Å². The standard InChI is InChI=1S/C18H21NO5/c1-4-8-21-10-13-15-16(24-18(2,3)23-15)14(22-13)11-6-5-7-12(9-11)17(19)20/h1,5-7,9,13-16H,8,10H2,2-3H3,(H2,19,20)/t13-,14+,15?,16?/m1/s1. The molecule has 2 saturated heterocycles. The van der Waals surface area contributed by atoms with Crippen molar-refractivity contribution >= 4 is 5.91 Å². The first-order chi connectivity index (χ1) is 11.4. The normalized spacial score (nSPS) is 30.7. The zero-order chi connectivity index (χ0) is 17.3. The van der Waals surface area contributed by atoms with Gasteiger partial charge in [-0.1, -0.05) is 18.1 Å². The molecule has 2 aliphatic rings. The molecule has 2 aliphatic heterocycles. The topological polar surface area (TPSA) is 80.0 Å². The van der Waals surface area contributed by atoms with Crippen LogP contribution < -0.4 is 5.73 Å². The highest BCUT2D eigenvalue weighted by Crippen LogP contribution is 2.45. The summed E-state index contributed by atoms with van der Waals surface area (Å²) < 4.78 is 23.5. The summed E-state index contributed by atoms with van der Waals surface area (Å²) >= 11 is 0. The fourth-order valence-electron chi connectivity index (χ4n) is 3.19. The molecule has 0 aliphatic carbocycles. The molecule has 0 saturated carbocycles. The molecule has 24 heavy (non-hydrogen) atoms. The number of fused-ring (bicyclic) bond motifs is 1. The van der Waals surface area contributed by atoms with E-state index in [2.05, 4.69) is 5.92 Å². The van der Waals surface area contributed by atoms with Crippen LogP contribution in [0.4, 0.5) is 0 Å². The van der Waals surface area contributed by atoms with Gasteiger partial charge in [-0.25, -0.2) is 0 Å². The van der Waals surface area contributed by atoms with Gasteiger partial charge in [-0.15, -0.1) is 6.42 Å². The lowest BCUT2D eigenvalue weighted by molar-refractivity contribution is -0.192. The summed E-state index contributed by atoms with van der Waals surface area (Å²) in [6.45, 7) is 4.25. The number of rotatable bonds is 5. The van der Waals surface area contributed by atoms with Crippen molar-refractivity contribution in [3.63, 3.8) is 0 Å². The van der Waals surface area contributed by atoms with Gasteiger partial charge in [0.2, 0.25) is 5.91 Å². The SMILES string of the molecule is C#CCOC[C@H]1O[C@@H](c2cccc(C(N)=O)c2)C2OC(C)(C)OC21. The third kappa shape index (κ3) is 3.30. The van der Waals surface area contributed by atoms with Crippen LogP contribution in [0.2, 0.25) is 0 Å². The van der Waals surface area contributed by atoms with Crippen molar-refractivity contribution in [3.05, 3.63) is 35.4 Å². The van der Waals surface area contributed by atoms with E-state index in [0.29, 0.717) is 12.2 Å². The lowest BCUT2D eigenvalue weighted by Crippen LogP contribution is -2.33. The van der Waals surface area contributed by atoms with E-state index >= 15 is 0 Å². The molecule has 1 amide bonds. The van der Waals surface area contributed by atoms with Crippen molar-refractivity contribution in [1.29, 1.82) is 0 Å². The van der Waals surface area contributed by atoms with Gasteiger partial charge in [0.15, 0.2) is 5.79 Å². The van der Waals surface area contributed by atoms with Gasteiger partial charge in [0.25, 0.3) is 0 Å². The van der Waals surface area contributed by atoms with E-state index in [1.165, 1.54) is 0 Å². The van der Waals surface area contributed by atoms with Crippen molar-refractivity contribution in [2.45, 2.75) is 44.1 Å². The van der Waals surface area contributed by atoms with E-state index in [-0.39, 0.29) is 31.0 Å². The third-order valence-electron chi connectivity index (χ3n) is 4.12. The quantitative estimate of drug-likeness (QED) is 0.651. The summed E-state index contributed by atoms with van der Waals surface area (Å²) in [4.78, 5) is 11.4. The number of nitrogens with two attached hydrogens (primary N) is 1. The van der Waals surface area contributed by atoms with E-state index in [9.17, 15) is 4.79 Å². The zero-order valence-corrected chi connectivity index (χ0v) is 13.7. The van der Waals surface area contributed by atoms with Crippen LogP contribution in [0, 0.1) is 12.3 Å². The molecule has 2 N–H and O–H groups in total. The molecule has 2 heterocycles. The maximum Gasteiger partial charge on any atom is 0.248 e. The van der Waals surface area contributed by atoms with Crippen LogP contribution in [0.1, 0.15) is 35.9 Å². The Morgan fingerprint density at radius 3 is 2.83 bits per heavy atom. The second kappa shape index (κ2) is 6.54. The van der Waals surface area contributed by atoms with Gasteiger partial charge in [-0.05, 0) is 31.5 Å². The largest absolute Gasteiger partial charge is 0.366 e. The number of carbonyl (C=O) groups is 1. The lowest BCUT2D eigenvalue weighted by Gasteiger charge is -2.24. The first kappa shape index (κ1) is 16.9. The number of amides is 1. The molecule has 2 unspecified atom stereocenters. The van der Waals surface area contributed by atoms with Gasteiger partial charge in [-0.3, -0.25) is 4.79 Å². The summed E-state index contributed by atoms with van der Waals surface area (Å²) in [5, 5.41) is 0. The minimum absolute atomic E-state index is 0.212. The molecule has 3 rings (SSSR count). The first-order valence-corrected chi connectivity index (χ1v) is 7.83. The highest BCUT2D eigenvalue weighted by molar-refractivity contribution is 5.92. The Balaban J connectivity index is 1.84. The Morgan fingerprint density at radius 2 is 2.12 bits per heavy atom. The Bertz CT molecular complexity index is 666. The van der Waals surface area contributed by atoms with E-state index in [0.717, 1.165) is 5.56 Å². The Hall–Kier alpha value is -1.91. The summed E-state index contributed by atoms with van der Waals surface area (Å²) in [7, 11) is 0. The van der Waals surface area contributed by atoms with Crippen LogP contribution in [-0.2, 0) is 18.9 Å². The van der Waals surface area contributed by atoms with E-state index in [1.54, 1.807) is 18.2 Å². The average molecular weight is 331 g/mol. The second-order valence-corrected chi connectivity index (χ2v) is 6.37. The van der Waals surface area contributed by atoms with Crippen LogP contribution in [-0.4, -0.2) is 43.2 Å². The molecular weight excluding hydrogens is 310 g/mol. The van der Waals surface area contributed by atoms with Crippen molar-refractivity contribution < 1.29 is 23.7 Å². The second-order valence-electron chi connectivity index (χ2n) is 6.37. The molecule has 6 heteroatoms. The highest BCUT2D eigenvalue weighted by atomic mass is 16.8. The molecular formula is C18H21NO5. The van der Waals surface area contributed by atoms with Crippen molar-refractivity contribution in [2.24, 2.45) is 5.73 Å². The fourth-order valence-corrected chi connectivity index (χ4v) is 3.19. The maximum absolute atomic E-state index is 11.4. The average Bonchev–Trinajstić information content (AvgIpc) is 3.01. The number of carbonyl (C=O) groups excluding carboxylic acids is 1. The van der Waals surface area contributed by atoms with Gasteiger partial charge in [-0.2, -0.15) is 0 Å². The summed E-state index contributed by atoms with van der Waals surface area (Å²) in [6.07, 6.45) is 3.99. The van der Waals surface area contributed by atoms with Crippen LogP contribution in [0.3, 0.4) is 0 Å². The molecule has 0 aromatic heterocycles. The van der Waals surface area contributed by atoms with E-state index in [1.807, 2.05) is 19.9 Å². The minimum atomic E-state index is -0.705. The molecule has 0 bridgehead atoms. The van der Waals surface area contributed by atoms with Crippen LogP contribution in [0.25, 0.3) is 0 Å².